The van der Waals surface area contributed by atoms with Gasteiger partial charge in [-0.15, -0.1) is 6.58 Å². The number of carbonyl (C=O) groups is 1. The summed E-state index contributed by atoms with van der Waals surface area (Å²) in [6.45, 7) is 8.34. The van der Waals surface area contributed by atoms with Gasteiger partial charge in [0.15, 0.2) is 5.76 Å². The first-order valence-corrected chi connectivity index (χ1v) is 6.78. The van der Waals surface area contributed by atoms with E-state index in [1.54, 1.807) is 18.2 Å². The monoisotopic (exact) mass is 285 g/mol. The largest absolute Gasteiger partial charge is 0.486 e. The summed E-state index contributed by atoms with van der Waals surface area (Å²) in [5.74, 6) is 1.41. The highest BCUT2D eigenvalue weighted by Gasteiger charge is 2.10. The Bertz CT molecular complexity index is 643. The molecule has 0 bridgehead atoms. The van der Waals surface area contributed by atoms with Gasteiger partial charge < -0.3 is 14.5 Å². The zero-order chi connectivity index (χ0) is 15.2. The Morgan fingerprint density at radius 3 is 2.81 bits per heavy atom. The molecule has 0 spiro atoms. The van der Waals surface area contributed by atoms with Gasteiger partial charge in [-0.25, -0.2) is 0 Å². The average Bonchev–Trinajstić information content (AvgIpc) is 2.95. The summed E-state index contributed by atoms with van der Waals surface area (Å²) < 4.78 is 11.1. The molecule has 110 valence electrons. The van der Waals surface area contributed by atoms with Gasteiger partial charge in [-0.2, -0.15) is 0 Å². The Kier molecular flexibility index (Phi) is 4.82. The van der Waals surface area contributed by atoms with Crippen molar-refractivity contribution in [1.29, 1.82) is 0 Å². The number of benzene rings is 1. The van der Waals surface area contributed by atoms with Crippen molar-refractivity contribution in [2.75, 3.05) is 6.54 Å². The van der Waals surface area contributed by atoms with Crippen molar-refractivity contribution in [1.82, 2.24) is 5.32 Å². The zero-order valence-corrected chi connectivity index (χ0v) is 12.3. The number of aryl methyl sites for hydroxylation is 2. The first-order chi connectivity index (χ1) is 10.1. The van der Waals surface area contributed by atoms with Crippen LogP contribution < -0.4 is 10.1 Å². The lowest BCUT2D eigenvalue weighted by Crippen LogP contribution is -2.22. The molecule has 1 heterocycles. The van der Waals surface area contributed by atoms with Gasteiger partial charge in [0, 0.05) is 6.54 Å². The van der Waals surface area contributed by atoms with Gasteiger partial charge >= 0.3 is 0 Å². The molecule has 0 atom stereocenters. The summed E-state index contributed by atoms with van der Waals surface area (Å²) >= 11 is 0. The van der Waals surface area contributed by atoms with Gasteiger partial charge in [0.1, 0.15) is 18.1 Å². The molecule has 0 unspecified atom stereocenters. The summed E-state index contributed by atoms with van der Waals surface area (Å²) in [6, 6.07) is 9.29. The van der Waals surface area contributed by atoms with Crippen LogP contribution in [0.2, 0.25) is 0 Å². The van der Waals surface area contributed by atoms with Gasteiger partial charge in [0.05, 0.1) is 0 Å². The molecule has 4 heteroatoms. The van der Waals surface area contributed by atoms with Crippen LogP contribution in [0.25, 0.3) is 0 Å². The fraction of sp³-hybridized carbons (Fsp3) is 0.235. The van der Waals surface area contributed by atoms with Crippen LogP contribution in [0, 0.1) is 13.8 Å². The topological polar surface area (TPSA) is 51.5 Å². The van der Waals surface area contributed by atoms with E-state index in [0.717, 1.165) is 5.75 Å². The predicted octanol–water partition coefficient (Wildman–Crippen LogP) is 3.39. The van der Waals surface area contributed by atoms with E-state index in [2.05, 4.69) is 18.8 Å². The molecule has 1 amide bonds. The molecule has 0 saturated carbocycles. The van der Waals surface area contributed by atoms with Gasteiger partial charge in [0.2, 0.25) is 0 Å². The van der Waals surface area contributed by atoms with Crippen molar-refractivity contribution in [3.63, 3.8) is 0 Å². The number of carbonyl (C=O) groups excluding carboxylic acids is 1. The normalized spacial score (nSPS) is 10.2. The lowest BCUT2D eigenvalue weighted by atomic mass is 10.1. The van der Waals surface area contributed by atoms with Crippen LogP contribution in [0.4, 0.5) is 0 Å². The first-order valence-electron chi connectivity index (χ1n) is 6.78. The second-order valence-electron chi connectivity index (χ2n) is 4.80. The van der Waals surface area contributed by atoms with Crippen LogP contribution >= 0.6 is 0 Å². The molecule has 2 rings (SSSR count). The fourth-order valence-corrected chi connectivity index (χ4v) is 1.79. The molecule has 0 radical (unpaired) electrons. The van der Waals surface area contributed by atoms with E-state index in [0.29, 0.717) is 12.3 Å². The van der Waals surface area contributed by atoms with E-state index in [9.17, 15) is 4.79 Å². The summed E-state index contributed by atoms with van der Waals surface area (Å²) in [6.07, 6.45) is 1.62. The highest BCUT2D eigenvalue weighted by Crippen LogP contribution is 2.18. The molecule has 0 saturated heterocycles. The molecular weight excluding hydrogens is 266 g/mol. The standard InChI is InChI=1S/C17H19NO3/c1-4-9-18-17(19)16-8-7-15(21-16)11-20-14-6-5-12(2)13(3)10-14/h4-8,10H,1,9,11H2,2-3H3,(H,18,19). The Morgan fingerprint density at radius 1 is 1.29 bits per heavy atom. The van der Waals surface area contributed by atoms with Crippen LogP contribution in [-0.4, -0.2) is 12.5 Å². The highest BCUT2D eigenvalue weighted by molar-refractivity contribution is 5.91. The second-order valence-corrected chi connectivity index (χ2v) is 4.80. The number of rotatable bonds is 6. The molecule has 0 aliphatic carbocycles. The summed E-state index contributed by atoms with van der Waals surface area (Å²) in [4.78, 5) is 11.7. The van der Waals surface area contributed by atoms with E-state index in [4.69, 9.17) is 9.15 Å². The van der Waals surface area contributed by atoms with Crippen molar-refractivity contribution in [2.45, 2.75) is 20.5 Å². The number of nitrogens with one attached hydrogen (secondary N) is 1. The fourth-order valence-electron chi connectivity index (χ4n) is 1.79. The van der Waals surface area contributed by atoms with Crippen molar-refractivity contribution in [3.8, 4) is 5.75 Å². The van der Waals surface area contributed by atoms with E-state index in [1.807, 2.05) is 25.1 Å². The maximum atomic E-state index is 11.7. The third-order valence-corrected chi connectivity index (χ3v) is 3.15. The number of amides is 1. The lowest BCUT2D eigenvalue weighted by molar-refractivity contribution is 0.0926. The second kappa shape index (κ2) is 6.79. The molecule has 2 aromatic rings. The smallest absolute Gasteiger partial charge is 0.287 e. The van der Waals surface area contributed by atoms with Crippen LogP contribution in [0.1, 0.15) is 27.4 Å². The highest BCUT2D eigenvalue weighted by atomic mass is 16.5. The first kappa shape index (κ1) is 14.9. The Balaban J connectivity index is 1.94. The van der Waals surface area contributed by atoms with Gasteiger partial charge in [-0.1, -0.05) is 12.1 Å². The number of hydrogen-bond acceptors (Lipinski definition) is 3. The molecule has 1 aromatic heterocycles. The van der Waals surface area contributed by atoms with Crippen molar-refractivity contribution >= 4 is 5.91 Å². The summed E-state index contributed by atoms with van der Waals surface area (Å²) in [7, 11) is 0. The molecular formula is C17H19NO3. The number of hydrogen-bond donors (Lipinski definition) is 1. The number of furan rings is 1. The van der Waals surface area contributed by atoms with Crippen molar-refractivity contribution in [3.05, 3.63) is 65.6 Å². The maximum absolute atomic E-state index is 11.7. The van der Waals surface area contributed by atoms with E-state index in [-0.39, 0.29) is 18.3 Å². The van der Waals surface area contributed by atoms with Crippen LogP contribution in [0.3, 0.4) is 0 Å². The molecule has 4 nitrogen and oxygen atoms in total. The van der Waals surface area contributed by atoms with E-state index < -0.39 is 0 Å². The Hall–Kier alpha value is -2.49. The predicted molar refractivity (Wildman–Crippen MR) is 81.5 cm³/mol. The maximum Gasteiger partial charge on any atom is 0.287 e. The molecule has 0 aliphatic rings. The average molecular weight is 285 g/mol. The van der Waals surface area contributed by atoms with Gasteiger partial charge in [0.25, 0.3) is 5.91 Å². The van der Waals surface area contributed by atoms with Crippen molar-refractivity contribution < 1.29 is 13.9 Å². The summed E-state index contributed by atoms with van der Waals surface area (Å²) in [5.41, 5.74) is 2.40. The molecule has 1 aromatic carbocycles. The van der Waals surface area contributed by atoms with Crippen molar-refractivity contribution in [2.24, 2.45) is 0 Å². The van der Waals surface area contributed by atoms with Gasteiger partial charge in [-0.05, 0) is 49.2 Å². The molecule has 21 heavy (non-hydrogen) atoms. The van der Waals surface area contributed by atoms with Gasteiger partial charge in [-0.3, -0.25) is 4.79 Å². The minimum absolute atomic E-state index is 0.257. The lowest BCUT2D eigenvalue weighted by Gasteiger charge is -2.06. The minimum Gasteiger partial charge on any atom is -0.486 e. The van der Waals surface area contributed by atoms with Crippen LogP contribution in [0.5, 0.6) is 5.75 Å². The van der Waals surface area contributed by atoms with E-state index >= 15 is 0 Å². The zero-order valence-electron chi connectivity index (χ0n) is 12.3. The summed E-state index contributed by atoms with van der Waals surface area (Å²) in [5, 5.41) is 2.66. The van der Waals surface area contributed by atoms with E-state index in [1.165, 1.54) is 11.1 Å². The molecule has 1 N–H and O–H groups in total. The Morgan fingerprint density at radius 2 is 2.10 bits per heavy atom. The van der Waals surface area contributed by atoms with Crippen LogP contribution in [-0.2, 0) is 6.61 Å². The van der Waals surface area contributed by atoms with Crippen LogP contribution in [0.15, 0.2) is 47.4 Å². The molecule has 0 fully saturated rings. The molecule has 0 aliphatic heterocycles. The quantitative estimate of drug-likeness (QED) is 0.828. The third-order valence-electron chi connectivity index (χ3n) is 3.15. The SMILES string of the molecule is C=CCNC(=O)c1ccc(COc2ccc(C)c(C)c2)o1. The number of ether oxygens (including phenoxy) is 1. The third kappa shape index (κ3) is 3.99. The minimum atomic E-state index is -0.257. The Labute approximate surface area is 124 Å².